The van der Waals surface area contributed by atoms with E-state index in [1.54, 1.807) is 49.7 Å². The van der Waals surface area contributed by atoms with Crippen LogP contribution in [0.25, 0.3) is 27.9 Å². The monoisotopic (exact) mass is 431 g/mol. The predicted octanol–water partition coefficient (Wildman–Crippen LogP) is 3.21. The van der Waals surface area contributed by atoms with Crippen molar-refractivity contribution in [2.45, 2.75) is 0 Å². The molecule has 1 aromatic carbocycles. The highest BCUT2D eigenvalue weighted by Crippen LogP contribution is 2.29. The van der Waals surface area contributed by atoms with Crippen LogP contribution in [0.1, 0.15) is 0 Å². The SMILES string of the molecule is COCCOc1ccn2c(-c3ccc4cccc(OS(=O)(=O)CF)c4n3)cnc2c1. The quantitative estimate of drug-likeness (QED) is 0.312. The molecule has 0 amide bonds. The number of nitrogens with zero attached hydrogens (tertiary/aromatic N) is 3. The summed E-state index contributed by atoms with van der Waals surface area (Å²) >= 11 is 0. The molecule has 3 heterocycles. The molecule has 0 unspecified atom stereocenters. The van der Waals surface area contributed by atoms with Gasteiger partial charge in [0.25, 0.3) is 0 Å². The number of methoxy groups -OCH3 is 1. The Balaban J connectivity index is 1.73. The van der Waals surface area contributed by atoms with Gasteiger partial charge < -0.3 is 13.7 Å². The van der Waals surface area contributed by atoms with E-state index < -0.39 is 16.1 Å². The van der Waals surface area contributed by atoms with E-state index in [0.29, 0.717) is 46.9 Å². The van der Waals surface area contributed by atoms with E-state index in [1.165, 1.54) is 6.07 Å². The van der Waals surface area contributed by atoms with Gasteiger partial charge >= 0.3 is 10.1 Å². The minimum Gasteiger partial charge on any atom is -0.491 e. The minimum absolute atomic E-state index is 0.0327. The number of imidazole rings is 1. The summed E-state index contributed by atoms with van der Waals surface area (Å²) in [6, 6.07) is 10.4. The highest BCUT2D eigenvalue weighted by molar-refractivity contribution is 7.86. The Hall–Kier alpha value is -3.24. The van der Waals surface area contributed by atoms with Crippen molar-refractivity contribution in [1.82, 2.24) is 14.4 Å². The average molecular weight is 431 g/mol. The van der Waals surface area contributed by atoms with Crippen LogP contribution in [0.15, 0.2) is 54.9 Å². The summed E-state index contributed by atoms with van der Waals surface area (Å²) in [6.07, 6.45) is 3.46. The fourth-order valence-electron chi connectivity index (χ4n) is 2.97. The maximum Gasteiger partial charge on any atom is 0.339 e. The summed E-state index contributed by atoms with van der Waals surface area (Å²) in [6.45, 7) is 0.908. The summed E-state index contributed by atoms with van der Waals surface area (Å²) < 4.78 is 53.1. The Morgan fingerprint density at radius 3 is 2.80 bits per heavy atom. The van der Waals surface area contributed by atoms with Crippen molar-refractivity contribution >= 4 is 26.7 Å². The molecule has 0 saturated heterocycles. The molecule has 8 nitrogen and oxygen atoms in total. The van der Waals surface area contributed by atoms with Crippen molar-refractivity contribution in [3.05, 3.63) is 54.9 Å². The molecule has 156 valence electrons. The average Bonchev–Trinajstić information content (AvgIpc) is 3.17. The molecule has 0 radical (unpaired) electrons. The van der Waals surface area contributed by atoms with Gasteiger partial charge in [0.15, 0.2) is 5.75 Å². The van der Waals surface area contributed by atoms with Crippen LogP contribution >= 0.6 is 0 Å². The molecule has 0 fully saturated rings. The fraction of sp³-hybridized carbons (Fsp3) is 0.200. The van der Waals surface area contributed by atoms with Gasteiger partial charge in [-0.25, -0.2) is 14.4 Å². The van der Waals surface area contributed by atoms with Crippen molar-refractivity contribution in [1.29, 1.82) is 0 Å². The molecule has 0 spiro atoms. The number of benzene rings is 1. The number of ether oxygens (including phenoxy) is 2. The van der Waals surface area contributed by atoms with Gasteiger partial charge in [-0.15, -0.1) is 0 Å². The zero-order chi connectivity index (χ0) is 21.1. The van der Waals surface area contributed by atoms with Crippen molar-refractivity contribution in [2.24, 2.45) is 0 Å². The van der Waals surface area contributed by atoms with Crippen LogP contribution in [0.3, 0.4) is 0 Å². The van der Waals surface area contributed by atoms with E-state index in [-0.39, 0.29) is 5.75 Å². The lowest BCUT2D eigenvalue weighted by Gasteiger charge is -2.09. The topological polar surface area (TPSA) is 92.0 Å². The maximum atomic E-state index is 12.7. The molecule has 0 saturated carbocycles. The Morgan fingerprint density at radius 1 is 1.13 bits per heavy atom. The predicted molar refractivity (Wildman–Crippen MR) is 109 cm³/mol. The number of pyridine rings is 2. The smallest absolute Gasteiger partial charge is 0.339 e. The largest absolute Gasteiger partial charge is 0.491 e. The van der Waals surface area contributed by atoms with Gasteiger partial charge in [0.05, 0.1) is 24.2 Å². The minimum atomic E-state index is -4.33. The molecule has 30 heavy (non-hydrogen) atoms. The van der Waals surface area contributed by atoms with Crippen LogP contribution in [0, 0.1) is 0 Å². The van der Waals surface area contributed by atoms with Crippen molar-refractivity contribution in [2.75, 3.05) is 26.3 Å². The van der Waals surface area contributed by atoms with Gasteiger partial charge in [-0.1, -0.05) is 18.2 Å². The molecule has 4 aromatic rings. The van der Waals surface area contributed by atoms with Crippen molar-refractivity contribution in [3.8, 4) is 22.9 Å². The Bertz CT molecular complexity index is 1310. The fourth-order valence-corrected chi connectivity index (χ4v) is 3.43. The number of alkyl halides is 1. The van der Waals surface area contributed by atoms with E-state index in [0.717, 1.165) is 0 Å². The highest BCUT2D eigenvalue weighted by atomic mass is 32.2. The van der Waals surface area contributed by atoms with Gasteiger partial charge in [0.1, 0.15) is 23.5 Å². The summed E-state index contributed by atoms with van der Waals surface area (Å²) in [7, 11) is -2.72. The molecule has 0 aliphatic carbocycles. The van der Waals surface area contributed by atoms with Crippen molar-refractivity contribution < 1.29 is 26.5 Å². The van der Waals surface area contributed by atoms with Gasteiger partial charge in [-0.2, -0.15) is 8.42 Å². The van der Waals surface area contributed by atoms with E-state index in [9.17, 15) is 12.8 Å². The number of hydrogen-bond acceptors (Lipinski definition) is 7. The van der Waals surface area contributed by atoms with E-state index in [2.05, 4.69) is 9.97 Å². The third kappa shape index (κ3) is 4.05. The Labute approximate surface area is 172 Å². The van der Waals surface area contributed by atoms with E-state index in [4.69, 9.17) is 13.7 Å². The highest BCUT2D eigenvalue weighted by Gasteiger charge is 2.16. The first-order valence-corrected chi connectivity index (χ1v) is 10.6. The summed E-state index contributed by atoms with van der Waals surface area (Å²) in [5, 5.41) is 0.660. The van der Waals surface area contributed by atoms with Gasteiger partial charge in [-0.05, 0) is 18.2 Å². The Kier molecular flexibility index (Phi) is 5.51. The molecule has 0 aliphatic rings. The number of hydrogen-bond donors (Lipinski definition) is 0. The summed E-state index contributed by atoms with van der Waals surface area (Å²) in [4.78, 5) is 8.94. The second-order valence-corrected chi connectivity index (χ2v) is 7.85. The molecule has 0 atom stereocenters. The van der Waals surface area contributed by atoms with Crippen LogP contribution < -0.4 is 8.92 Å². The molecule has 0 aliphatic heterocycles. The van der Waals surface area contributed by atoms with Crippen LogP contribution in [0.2, 0.25) is 0 Å². The zero-order valence-electron chi connectivity index (χ0n) is 16.0. The summed E-state index contributed by atoms with van der Waals surface area (Å²) in [5.41, 5.74) is 2.21. The molecular weight excluding hydrogens is 413 g/mol. The molecule has 3 aromatic heterocycles. The molecule has 0 N–H and O–H groups in total. The van der Waals surface area contributed by atoms with Crippen LogP contribution in [-0.4, -0.2) is 49.1 Å². The van der Waals surface area contributed by atoms with Gasteiger partial charge in [0.2, 0.25) is 6.01 Å². The number of aromatic nitrogens is 3. The summed E-state index contributed by atoms with van der Waals surface area (Å²) in [5.74, 6) is 0.630. The van der Waals surface area contributed by atoms with Gasteiger partial charge in [0, 0.05) is 24.8 Å². The third-order valence-electron chi connectivity index (χ3n) is 4.34. The normalized spacial score (nSPS) is 11.8. The molecular formula is C20H18FN3O5S. The van der Waals surface area contributed by atoms with Crippen molar-refractivity contribution in [3.63, 3.8) is 0 Å². The first-order valence-electron chi connectivity index (χ1n) is 8.98. The Morgan fingerprint density at radius 2 is 2.00 bits per heavy atom. The number of halogens is 1. The number of fused-ring (bicyclic) bond motifs is 2. The van der Waals surface area contributed by atoms with Gasteiger partial charge in [-0.3, -0.25) is 4.40 Å². The maximum absolute atomic E-state index is 12.7. The first kappa shape index (κ1) is 20.0. The first-order chi connectivity index (χ1) is 14.5. The van der Waals surface area contributed by atoms with E-state index >= 15 is 0 Å². The number of rotatable bonds is 8. The van der Waals surface area contributed by atoms with E-state index in [1.807, 2.05) is 10.6 Å². The molecule has 10 heteroatoms. The molecule has 4 rings (SSSR count). The van der Waals surface area contributed by atoms with Crippen LogP contribution in [0.5, 0.6) is 11.5 Å². The third-order valence-corrected chi connectivity index (χ3v) is 5.04. The standard InChI is InChI=1S/C20H18FN3O5S/c1-27-9-10-28-15-7-8-24-17(12-22-19(24)11-15)16-6-5-14-3-2-4-18(20(14)23-16)29-30(25,26)13-21/h2-8,11-12H,9-10,13H2,1H3. The molecule has 0 bridgehead atoms. The zero-order valence-corrected chi connectivity index (χ0v) is 16.8. The second kappa shape index (κ2) is 8.25. The lowest BCUT2D eigenvalue weighted by atomic mass is 10.1. The number of para-hydroxylation sites is 1. The lowest BCUT2D eigenvalue weighted by molar-refractivity contribution is 0.146. The lowest BCUT2D eigenvalue weighted by Crippen LogP contribution is -2.11. The van der Waals surface area contributed by atoms with Crippen LogP contribution in [-0.2, 0) is 14.9 Å². The van der Waals surface area contributed by atoms with Crippen LogP contribution in [0.4, 0.5) is 4.39 Å². The second-order valence-electron chi connectivity index (χ2n) is 6.35.